The van der Waals surface area contributed by atoms with Crippen molar-refractivity contribution in [2.24, 2.45) is 5.73 Å². The van der Waals surface area contributed by atoms with E-state index in [0.717, 1.165) is 22.4 Å². The monoisotopic (exact) mass is 352 g/mol. The van der Waals surface area contributed by atoms with Crippen LogP contribution in [0.4, 0.5) is 0 Å². The molecule has 0 amide bonds. The molecule has 0 aliphatic heterocycles. The van der Waals surface area contributed by atoms with Crippen LogP contribution >= 0.6 is 0 Å². The molecule has 0 fully saturated rings. The fraction of sp³-hybridized carbons (Fsp3) is 0.130. The number of nitriles is 1. The van der Waals surface area contributed by atoms with Crippen LogP contribution < -0.4 is 5.73 Å². The fourth-order valence-electron chi connectivity index (χ4n) is 3.44. The molecule has 0 radical (unpaired) electrons. The standard InChI is InChI=1S/C23H20N4/c24-15-18-10-4-5-11-19(18)16-27-22-13-7-6-12-21(22)26-23(27)20(25)14-17-8-2-1-3-9-17/h1-13,20H,14,16,25H2. The Bertz CT molecular complexity index is 1110. The lowest BCUT2D eigenvalue weighted by Gasteiger charge is -2.16. The number of hydrogen-bond acceptors (Lipinski definition) is 3. The Balaban J connectivity index is 1.76. The Morgan fingerprint density at radius 2 is 1.63 bits per heavy atom. The van der Waals surface area contributed by atoms with Gasteiger partial charge in [-0.15, -0.1) is 0 Å². The molecule has 2 N–H and O–H groups in total. The highest BCUT2D eigenvalue weighted by atomic mass is 15.1. The molecule has 0 spiro atoms. The van der Waals surface area contributed by atoms with Gasteiger partial charge in [-0.3, -0.25) is 0 Å². The van der Waals surface area contributed by atoms with Crippen molar-refractivity contribution in [3.05, 3.63) is 101 Å². The van der Waals surface area contributed by atoms with Gasteiger partial charge >= 0.3 is 0 Å². The minimum absolute atomic E-state index is 0.228. The number of imidazole rings is 1. The molecule has 0 saturated heterocycles. The Morgan fingerprint density at radius 1 is 0.926 bits per heavy atom. The number of nitrogens with zero attached hydrogens (tertiary/aromatic N) is 3. The van der Waals surface area contributed by atoms with Crippen LogP contribution in [0.1, 0.15) is 28.6 Å². The van der Waals surface area contributed by atoms with E-state index in [1.54, 1.807) is 0 Å². The van der Waals surface area contributed by atoms with Crippen molar-refractivity contribution in [2.75, 3.05) is 0 Å². The smallest absolute Gasteiger partial charge is 0.127 e. The quantitative estimate of drug-likeness (QED) is 0.585. The summed E-state index contributed by atoms with van der Waals surface area (Å²) in [6.07, 6.45) is 0.712. The van der Waals surface area contributed by atoms with Crippen LogP contribution in [0.3, 0.4) is 0 Å². The van der Waals surface area contributed by atoms with E-state index in [-0.39, 0.29) is 6.04 Å². The summed E-state index contributed by atoms with van der Waals surface area (Å²) in [5, 5.41) is 9.43. The number of para-hydroxylation sites is 2. The van der Waals surface area contributed by atoms with Crippen molar-refractivity contribution in [1.82, 2.24) is 9.55 Å². The van der Waals surface area contributed by atoms with Crippen LogP contribution in [-0.2, 0) is 13.0 Å². The van der Waals surface area contributed by atoms with Crippen LogP contribution in [0.25, 0.3) is 11.0 Å². The summed E-state index contributed by atoms with van der Waals surface area (Å²) in [5.41, 5.74) is 11.3. The van der Waals surface area contributed by atoms with E-state index in [1.165, 1.54) is 5.56 Å². The number of fused-ring (bicyclic) bond motifs is 1. The molecule has 27 heavy (non-hydrogen) atoms. The van der Waals surface area contributed by atoms with Crippen molar-refractivity contribution >= 4 is 11.0 Å². The van der Waals surface area contributed by atoms with Crippen molar-refractivity contribution < 1.29 is 0 Å². The molecule has 4 heteroatoms. The topological polar surface area (TPSA) is 67.6 Å². The third-order valence-electron chi connectivity index (χ3n) is 4.78. The van der Waals surface area contributed by atoms with Gasteiger partial charge in [0.25, 0.3) is 0 Å². The highest BCUT2D eigenvalue weighted by Gasteiger charge is 2.18. The highest BCUT2D eigenvalue weighted by molar-refractivity contribution is 5.76. The molecular formula is C23H20N4. The van der Waals surface area contributed by atoms with Crippen LogP contribution in [0, 0.1) is 11.3 Å². The summed E-state index contributed by atoms with van der Waals surface area (Å²) in [4.78, 5) is 4.82. The van der Waals surface area contributed by atoms with Gasteiger partial charge in [0.15, 0.2) is 0 Å². The lowest BCUT2D eigenvalue weighted by molar-refractivity contribution is 0.618. The molecule has 1 atom stereocenters. The third-order valence-corrected chi connectivity index (χ3v) is 4.78. The van der Waals surface area contributed by atoms with Crippen LogP contribution in [0.2, 0.25) is 0 Å². The first-order valence-electron chi connectivity index (χ1n) is 8.99. The maximum atomic E-state index is 9.43. The highest BCUT2D eigenvalue weighted by Crippen LogP contribution is 2.24. The minimum Gasteiger partial charge on any atom is -0.322 e. The minimum atomic E-state index is -0.228. The number of benzene rings is 3. The van der Waals surface area contributed by atoms with E-state index in [0.29, 0.717) is 18.5 Å². The summed E-state index contributed by atoms with van der Waals surface area (Å²) < 4.78 is 2.14. The molecular weight excluding hydrogens is 332 g/mol. The van der Waals surface area contributed by atoms with Gasteiger partial charge in [0, 0.05) is 0 Å². The average Bonchev–Trinajstić information content (AvgIpc) is 3.08. The van der Waals surface area contributed by atoms with Gasteiger partial charge in [-0.1, -0.05) is 60.7 Å². The Kier molecular flexibility index (Phi) is 4.69. The van der Waals surface area contributed by atoms with E-state index < -0.39 is 0 Å². The second kappa shape index (κ2) is 7.45. The summed E-state index contributed by atoms with van der Waals surface area (Å²) in [7, 11) is 0. The molecule has 1 aromatic heterocycles. The lowest BCUT2D eigenvalue weighted by Crippen LogP contribution is -2.19. The molecule has 132 valence electrons. The fourth-order valence-corrected chi connectivity index (χ4v) is 3.44. The third kappa shape index (κ3) is 3.46. The van der Waals surface area contributed by atoms with E-state index in [4.69, 9.17) is 10.7 Å². The second-order valence-electron chi connectivity index (χ2n) is 6.61. The predicted octanol–water partition coefficient (Wildman–Crippen LogP) is 4.20. The zero-order valence-corrected chi connectivity index (χ0v) is 14.9. The molecule has 3 aromatic carbocycles. The van der Waals surface area contributed by atoms with Crippen LogP contribution in [0.15, 0.2) is 78.9 Å². The number of nitrogens with two attached hydrogens (primary N) is 1. The molecule has 0 saturated carbocycles. The molecule has 0 bridgehead atoms. The first kappa shape index (κ1) is 17.0. The number of rotatable bonds is 5. The molecule has 4 rings (SSSR count). The van der Waals surface area contributed by atoms with E-state index >= 15 is 0 Å². The zero-order valence-electron chi connectivity index (χ0n) is 14.9. The van der Waals surface area contributed by atoms with Gasteiger partial charge in [-0.05, 0) is 35.7 Å². The normalized spacial score (nSPS) is 12.0. The van der Waals surface area contributed by atoms with E-state index in [1.807, 2.05) is 60.7 Å². The van der Waals surface area contributed by atoms with Gasteiger partial charge in [0.1, 0.15) is 5.82 Å². The number of hydrogen-bond donors (Lipinski definition) is 1. The zero-order chi connectivity index (χ0) is 18.6. The average molecular weight is 352 g/mol. The van der Waals surface area contributed by atoms with Crippen LogP contribution in [0.5, 0.6) is 0 Å². The largest absolute Gasteiger partial charge is 0.322 e. The van der Waals surface area contributed by atoms with E-state index in [2.05, 4.69) is 28.8 Å². The van der Waals surface area contributed by atoms with Crippen LogP contribution in [-0.4, -0.2) is 9.55 Å². The summed E-state index contributed by atoms with van der Waals surface area (Å²) >= 11 is 0. The maximum absolute atomic E-state index is 9.43. The summed E-state index contributed by atoms with van der Waals surface area (Å²) in [6.45, 7) is 0.571. The number of aromatic nitrogens is 2. The van der Waals surface area contributed by atoms with Crippen molar-refractivity contribution in [2.45, 2.75) is 19.0 Å². The van der Waals surface area contributed by atoms with Gasteiger partial charge in [-0.25, -0.2) is 4.98 Å². The SMILES string of the molecule is N#Cc1ccccc1Cn1c(C(N)Cc2ccccc2)nc2ccccc21. The van der Waals surface area contributed by atoms with Gasteiger partial charge < -0.3 is 10.3 Å². The second-order valence-corrected chi connectivity index (χ2v) is 6.61. The molecule has 1 unspecified atom stereocenters. The van der Waals surface area contributed by atoms with E-state index in [9.17, 15) is 5.26 Å². The Hall–Kier alpha value is -3.42. The lowest BCUT2D eigenvalue weighted by atomic mass is 10.1. The summed E-state index contributed by atoms with van der Waals surface area (Å²) in [5.74, 6) is 0.841. The summed E-state index contributed by atoms with van der Waals surface area (Å²) in [6, 6.07) is 28.0. The first-order chi connectivity index (χ1) is 13.3. The first-order valence-corrected chi connectivity index (χ1v) is 8.99. The van der Waals surface area contributed by atoms with Crippen molar-refractivity contribution in [3.63, 3.8) is 0 Å². The van der Waals surface area contributed by atoms with Crippen molar-refractivity contribution in [1.29, 1.82) is 5.26 Å². The van der Waals surface area contributed by atoms with Gasteiger partial charge in [0.2, 0.25) is 0 Å². The molecule has 0 aliphatic carbocycles. The predicted molar refractivity (Wildman–Crippen MR) is 107 cm³/mol. The van der Waals surface area contributed by atoms with Crippen molar-refractivity contribution in [3.8, 4) is 6.07 Å². The Morgan fingerprint density at radius 3 is 2.44 bits per heavy atom. The maximum Gasteiger partial charge on any atom is 0.127 e. The molecule has 4 aromatic rings. The molecule has 4 nitrogen and oxygen atoms in total. The Labute approximate surface area is 158 Å². The molecule has 1 heterocycles. The van der Waals surface area contributed by atoms with Gasteiger partial charge in [0.05, 0.1) is 35.3 Å². The molecule has 0 aliphatic rings. The van der Waals surface area contributed by atoms with Gasteiger partial charge in [-0.2, -0.15) is 5.26 Å².